The number of hydrogen-bond donors (Lipinski definition) is 3. The fourth-order valence-electron chi connectivity index (χ4n) is 4.87. The van der Waals surface area contributed by atoms with Gasteiger partial charge in [-0.25, -0.2) is 13.2 Å². The molecule has 1 aliphatic carbocycles. The molecule has 3 rings (SSSR count). The van der Waals surface area contributed by atoms with Gasteiger partial charge in [0.1, 0.15) is 11.6 Å². The van der Waals surface area contributed by atoms with Crippen LogP contribution in [0.25, 0.3) is 0 Å². The Labute approximate surface area is 200 Å². The maximum Gasteiger partial charge on any atom is 0.251 e. The summed E-state index contributed by atoms with van der Waals surface area (Å²) in [6.07, 6.45) is 3.97. The van der Waals surface area contributed by atoms with E-state index in [0.29, 0.717) is 5.92 Å². The van der Waals surface area contributed by atoms with E-state index in [4.69, 9.17) is 0 Å². The van der Waals surface area contributed by atoms with Gasteiger partial charge in [-0.3, -0.25) is 4.79 Å². The number of aliphatic hydroxyl groups excluding tert-OH is 1. The molecule has 0 heterocycles. The second-order valence-corrected chi connectivity index (χ2v) is 9.66. The number of hydrogen-bond acceptors (Lipinski definition) is 3. The lowest BCUT2D eigenvalue weighted by Gasteiger charge is -2.40. The minimum Gasteiger partial charge on any atom is -0.390 e. The van der Waals surface area contributed by atoms with Crippen molar-refractivity contribution in [2.75, 3.05) is 13.2 Å². The Bertz CT molecular complexity index is 940. The van der Waals surface area contributed by atoms with Crippen molar-refractivity contribution in [2.24, 2.45) is 0 Å². The second-order valence-electron chi connectivity index (χ2n) is 9.66. The number of benzene rings is 2. The van der Waals surface area contributed by atoms with Gasteiger partial charge in [0.05, 0.1) is 12.1 Å². The summed E-state index contributed by atoms with van der Waals surface area (Å²) in [6, 6.07) is 10.6. The maximum absolute atomic E-state index is 13.7. The average Bonchev–Trinajstić information content (AvgIpc) is 2.82. The van der Waals surface area contributed by atoms with Gasteiger partial charge < -0.3 is 15.7 Å². The van der Waals surface area contributed by atoms with Crippen molar-refractivity contribution in [3.8, 4) is 0 Å². The van der Waals surface area contributed by atoms with E-state index in [0.717, 1.165) is 50.3 Å². The summed E-state index contributed by atoms with van der Waals surface area (Å²) in [5, 5.41) is 17.0. The van der Waals surface area contributed by atoms with Crippen LogP contribution in [0.5, 0.6) is 0 Å². The molecule has 2 aromatic carbocycles. The quantitative estimate of drug-likeness (QED) is 0.457. The largest absolute Gasteiger partial charge is 0.390 e. The first kappa shape index (κ1) is 26.2. The molecule has 0 saturated heterocycles. The molecule has 1 fully saturated rings. The molecule has 186 valence electrons. The SMILES string of the molecule is CC(C)c1cccc(C2(NC[C@H](O)[C@H](Cc3cc(F)cc(F)c3)NC(=O)CF)CCCCC2)c1. The third-order valence-corrected chi connectivity index (χ3v) is 6.77. The van der Waals surface area contributed by atoms with E-state index in [-0.39, 0.29) is 24.1 Å². The summed E-state index contributed by atoms with van der Waals surface area (Å²) in [6.45, 7) is 3.20. The topological polar surface area (TPSA) is 61.4 Å². The standard InChI is InChI=1S/C27H35F3N2O2/c1-18(2)20-7-6-8-21(14-20)27(9-4-3-5-10-27)31-17-25(33)24(32-26(34)16-28)13-19-11-22(29)15-23(30)12-19/h6-8,11-12,14-15,18,24-25,31,33H,3-5,9-10,13,16-17H2,1-2H3,(H,32,34)/t24-,25-/m0/s1. The van der Waals surface area contributed by atoms with E-state index in [1.165, 1.54) is 11.1 Å². The Morgan fingerprint density at radius 1 is 1.06 bits per heavy atom. The highest BCUT2D eigenvalue weighted by molar-refractivity contribution is 5.77. The van der Waals surface area contributed by atoms with E-state index in [1.54, 1.807) is 0 Å². The molecule has 34 heavy (non-hydrogen) atoms. The number of rotatable bonds is 10. The van der Waals surface area contributed by atoms with Crippen LogP contribution in [0.3, 0.4) is 0 Å². The van der Waals surface area contributed by atoms with E-state index in [1.807, 2.05) is 0 Å². The van der Waals surface area contributed by atoms with Crippen molar-refractivity contribution in [2.45, 2.75) is 76.0 Å². The van der Waals surface area contributed by atoms with Gasteiger partial charge in [0.15, 0.2) is 6.67 Å². The number of nitrogens with one attached hydrogen (secondary N) is 2. The zero-order valence-electron chi connectivity index (χ0n) is 19.9. The van der Waals surface area contributed by atoms with Gasteiger partial charge >= 0.3 is 0 Å². The molecule has 7 heteroatoms. The van der Waals surface area contributed by atoms with Crippen LogP contribution in [0, 0.1) is 11.6 Å². The third-order valence-electron chi connectivity index (χ3n) is 6.77. The molecule has 0 radical (unpaired) electrons. The van der Waals surface area contributed by atoms with Crippen LogP contribution in [0.15, 0.2) is 42.5 Å². The molecule has 2 aromatic rings. The van der Waals surface area contributed by atoms with Crippen LogP contribution in [0.4, 0.5) is 13.2 Å². The summed E-state index contributed by atoms with van der Waals surface area (Å²) in [7, 11) is 0. The van der Waals surface area contributed by atoms with Crippen LogP contribution in [-0.4, -0.2) is 36.4 Å². The summed E-state index contributed by atoms with van der Waals surface area (Å²) >= 11 is 0. The van der Waals surface area contributed by atoms with E-state index < -0.39 is 36.4 Å². The van der Waals surface area contributed by atoms with Gasteiger partial charge in [-0.05, 0) is 54.0 Å². The zero-order valence-corrected chi connectivity index (χ0v) is 19.9. The molecule has 0 bridgehead atoms. The third kappa shape index (κ3) is 6.83. The first-order chi connectivity index (χ1) is 16.2. The molecule has 0 unspecified atom stereocenters. The highest BCUT2D eigenvalue weighted by Crippen LogP contribution is 2.38. The van der Waals surface area contributed by atoms with E-state index in [2.05, 4.69) is 48.7 Å². The van der Waals surface area contributed by atoms with Crippen molar-refractivity contribution in [3.05, 3.63) is 70.8 Å². The second kappa shape index (κ2) is 11.8. The Morgan fingerprint density at radius 2 is 1.74 bits per heavy atom. The highest BCUT2D eigenvalue weighted by atomic mass is 19.1. The Balaban J connectivity index is 1.80. The summed E-state index contributed by atoms with van der Waals surface area (Å²) < 4.78 is 40.2. The normalized spacial score (nSPS) is 17.4. The molecule has 1 aliphatic rings. The monoisotopic (exact) mass is 476 g/mol. The van der Waals surface area contributed by atoms with Crippen molar-refractivity contribution >= 4 is 5.91 Å². The molecule has 3 N–H and O–H groups in total. The predicted molar refractivity (Wildman–Crippen MR) is 127 cm³/mol. The van der Waals surface area contributed by atoms with Gasteiger partial charge in [-0.2, -0.15) is 0 Å². The van der Waals surface area contributed by atoms with Gasteiger partial charge in [0.2, 0.25) is 0 Å². The van der Waals surface area contributed by atoms with Crippen molar-refractivity contribution in [1.29, 1.82) is 0 Å². The molecule has 0 aliphatic heterocycles. The van der Waals surface area contributed by atoms with Crippen LogP contribution in [0.2, 0.25) is 0 Å². The molecule has 1 saturated carbocycles. The maximum atomic E-state index is 13.7. The van der Waals surface area contributed by atoms with E-state index >= 15 is 0 Å². The van der Waals surface area contributed by atoms with Crippen LogP contribution in [-0.2, 0) is 16.8 Å². The van der Waals surface area contributed by atoms with Gasteiger partial charge in [0.25, 0.3) is 5.91 Å². The number of halogens is 3. The van der Waals surface area contributed by atoms with Crippen LogP contribution < -0.4 is 10.6 Å². The minimum atomic E-state index is -1.24. The number of carbonyl (C=O) groups is 1. The fourth-order valence-corrected chi connectivity index (χ4v) is 4.87. The first-order valence-corrected chi connectivity index (χ1v) is 12.1. The number of amides is 1. The molecular weight excluding hydrogens is 441 g/mol. The van der Waals surface area contributed by atoms with Crippen molar-refractivity contribution < 1.29 is 23.1 Å². The van der Waals surface area contributed by atoms with Crippen LogP contribution in [0.1, 0.15) is 68.6 Å². The lowest BCUT2D eigenvalue weighted by molar-refractivity contribution is -0.123. The highest BCUT2D eigenvalue weighted by Gasteiger charge is 2.35. The van der Waals surface area contributed by atoms with Crippen LogP contribution >= 0.6 is 0 Å². The number of alkyl halides is 1. The Hall–Kier alpha value is -2.38. The summed E-state index contributed by atoms with van der Waals surface area (Å²) in [5.41, 5.74) is 2.37. The minimum absolute atomic E-state index is 0.0287. The average molecular weight is 477 g/mol. The lowest BCUT2D eigenvalue weighted by Crippen LogP contribution is -2.53. The molecule has 2 atom stereocenters. The van der Waals surface area contributed by atoms with E-state index in [9.17, 15) is 23.1 Å². The first-order valence-electron chi connectivity index (χ1n) is 12.1. The number of carbonyl (C=O) groups excluding carboxylic acids is 1. The number of aliphatic hydroxyl groups is 1. The lowest BCUT2D eigenvalue weighted by atomic mass is 9.75. The molecule has 0 aromatic heterocycles. The summed E-state index contributed by atoms with van der Waals surface area (Å²) in [4.78, 5) is 11.8. The summed E-state index contributed by atoms with van der Waals surface area (Å²) in [5.74, 6) is -1.98. The van der Waals surface area contributed by atoms with Crippen molar-refractivity contribution in [1.82, 2.24) is 10.6 Å². The smallest absolute Gasteiger partial charge is 0.251 e. The molecule has 1 amide bonds. The molecular formula is C27H35F3N2O2. The van der Waals surface area contributed by atoms with Gasteiger partial charge in [-0.1, -0.05) is 57.4 Å². The van der Waals surface area contributed by atoms with Crippen molar-refractivity contribution in [3.63, 3.8) is 0 Å². The van der Waals surface area contributed by atoms with Gasteiger partial charge in [0, 0.05) is 18.2 Å². The molecule has 4 nitrogen and oxygen atoms in total. The Morgan fingerprint density at radius 3 is 2.35 bits per heavy atom. The Kier molecular flexibility index (Phi) is 9.14. The predicted octanol–water partition coefficient (Wildman–Crippen LogP) is 4.90. The van der Waals surface area contributed by atoms with Gasteiger partial charge in [-0.15, -0.1) is 0 Å². The fraction of sp³-hybridized carbons (Fsp3) is 0.519. The zero-order chi connectivity index (χ0) is 24.7. The molecule has 0 spiro atoms.